The van der Waals surface area contributed by atoms with Crippen LogP contribution in [0.1, 0.15) is 92.9 Å². The van der Waals surface area contributed by atoms with Crippen LogP contribution in [0, 0.1) is 11.8 Å². The summed E-state index contributed by atoms with van der Waals surface area (Å²) in [6, 6.07) is 18.6. The Morgan fingerprint density at radius 2 is 1.38 bits per heavy atom. The first-order valence-electron chi connectivity index (χ1n) is 16.8. The van der Waals surface area contributed by atoms with E-state index in [1.165, 1.54) is 4.90 Å². The highest BCUT2D eigenvalue weighted by Gasteiger charge is 2.43. The molecular weight excluding hydrogens is 630 g/mol. The molecule has 0 bridgehead atoms. The number of hydrogen-bond donors (Lipinski definition) is 1. The van der Waals surface area contributed by atoms with Gasteiger partial charge in [0.15, 0.2) is 11.6 Å². The van der Waals surface area contributed by atoms with Gasteiger partial charge in [-0.15, -0.1) is 0 Å². The second-order valence-corrected chi connectivity index (χ2v) is 13.8. The number of hydrogen-bond acceptors (Lipinski definition) is 7. The number of fused-ring (bicyclic) bond motifs is 4. The maximum atomic E-state index is 14.2. The Balaban J connectivity index is 1.18. The van der Waals surface area contributed by atoms with Crippen molar-refractivity contribution in [1.29, 1.82) is 0 Å². The Labute approximate surface area is 287 Å². The maximum absolute atomic E-state index is 14.2. The van der Waals surface area contributed by atoms with E-state index in [2.05, 4.69) is 37.7 Å². The molecular formula is C41H33N3O6. The number of aromatic nitrogens is 2. The molecule has 1 aromatic heterocycles. The maximum Gasteiger partial charge on any atom is 0.266 e. The summed E-state index contributed by atoms with van der Waals surface area (Å²) in [7, 11) is 0. The molecule has 1 N–H and O–H groups in total. The first-order valence-corrected chi connectivity index (χ1v) is 16.8. The number of aromatic amines is 1. The van der Waals surface area contributed by atoms with E-state index in [1.807, 2.05) is 30.4 Å². The van der Waals surface area contributed by atoms with Crippen LogP contribution in [0.3, 0.4) is 0 Å². The minimum Gasteiger partial charge on any atom is -0.490 e. The van der Waals surface area contributed by atoms with Gasteiger partial charge in [0, 0.05) is 22.8 Å². The number of imide groups is 1. The van der Waals surface area contributed by atoms with Crippen LogP contribution >= 0.6 is 0 Å². The topological polar surface area (TPSA) is 126 Å². The van der Waals surface area contributed by atoms with Gasteiger partial charge in [-0.1, -0.05) is 58.1 Å². The first kappa shape index (κ1) is 31.3. The molecule has 0 unspecified atom stereocenters. The van der Waals surface area contributed by atoms with E-state index in [1.54, 1.807) is 54.6 Å². The van der Waals surface area contributed by atoms with E-state index in [-0.39, 0.29) is 46.0 Å². The molecule has 2 heterocycles. The zero-order valence-corrected chi connectivity index (χ0v) is 27.9. The molecule has 0 fully saturated rings. The van der Waals surface area contributed by atoms with Crippen molar-refractivity contribution in [1.82, 2.24) is 9.97 Å². The fourth-order valence-electron chi connectivity index (χ4n) is 7.47. The second kappa shape index (κ2) is 11.6. The molecule has 0 spiro atoms. The number of benzene rings is 4. The van der Waals surface area contributed by atoms with Crippen LogP contribution in [0.5, 0.6) is 5.75 Å². The van der Waals surface area contributed by atoms with Gasteiger partial charge in [-0.25, -0.2) is 9.88 Å². The van der Waals surface area contributed by atoms with Crippen LogP contribution in [0.2, 0.25) is 0 Å². The van der Waals surface area contributed by atoms with Crippen molar-refractivity contribution in [3.63, 3.8) is 0 Å². The molecule has 2 amide bonds. The molecule has 0 saturated heterocycles. The van der Waals surface area contributed by atoms with E-state index in [4.69, 9.17) is 4.74 Å². The molecule has 9 heteroatoms. The number of carbonyl (C=O) groups is 4. The summed E-state index contributed by atoms with van der Waals surface area (Å²) in [5.74, 6) is -2.22. The number of H-pyrrole nitrogens is 1. The fourth-order valence-corrected chi connectivity index (χ4v) is 7.47. The Kier molecular flexibility index (Phi) is 7.25. The van der Waals surface area contributed by atoms with E-state index in [0.29, 0.717) is 39.5 Å². The lowest BCUT2D eigenvalue weighted by Crippen LogP contribution is -2.31. The van der Waals surface area contributed by atoms with Gasteiger partial charge < -0.3 is 9.72 Å². The normalized spacial score (nSPS) is 15.8. The summed E-state index contributed by atoms with van der Waals surface area (Å²) >= 11 is 0. The highest BCUT2D eigenvalue weighted by Crippen LogP contribution is 2.41. The fraction of sp³-hybridized carbons (Fsp3) is 0.220. The van der Waals surface area contributed by atoms with Crippen LogP contribution < -0.4 is 15.2 Å². The third kappa shape index (κ3) is 4.83. The number of carbonyl (C=O) groups excluding carboxylic acids is 4. The second-order valence-electron chi connectivity index (χ2n) is 13.8. The monoisotopic (exact) mass is 663 g/mol. The van der Waals surface area contributed by atoms with Gasteiger partial charge in [0.1, 0.15) is 23.6 Å². The molecule has 8 rings (SSSR count). The van der Waals surface area contributed by atoms with Crippen molar-refractivity contribution in [3.8, 4) is 5.75 Å². The van der Waals surface area contributed by atoms with Crippen LogP contribution in [-0.4, -0.2) is 39.5 Å². The molecule has 9 nitrogen and oxygen atoms in total. The minimum absolute atomic E-state index is 0.0184. The Morgan fingerprint density at radius 3 is 1.98 bits per heavy atom. The number of nitrogens with one attached hydrogen (secondary N) is 1. The average Bonchev–Trinajstić information content (AvgIpc) is 3.77. The van der Waals surface area contributed by atoms with Gasteiger partial charge >= 0.3 is 0 Å². The summed E-state index contributed by atoms with van der Waals surface area (Å²) in [6.07, 6.45) is 6.54. The zero-order chi connectivity index (χ0) is 35.0. The predicted molar refractivity (Wildman–Crippen MR) is 191 cm³/mol. The lowest BCUT2D eigenvalue weighted by atomic mass is 9.96. The number of amides is 2. The quantitative estimate of drug-likeness (QED) is 0.142. The molecule has 1 aliphatic heterocycles. The van der Waals surface area contributed by atoms with Crippen molar-refractivity contribution < 1.29 is 23.9 Å². The minimum atomic E-state index is -1.30. The van der Waals surface area contributed by atoms with Crippen LogP contribution in [-0.2, 0) is 0 Å². The number of anilines is 1. The van der Waals surface area contributed by atoms with Crippen LogP contribution in [0.4, 0.5) is 5.69 Å². The third-order valence-electron chi connectivity index (χ3n) is 9.85. The molecule has 248 valence electrons. The van der Waals surface area contributed by atoms with Gasteiger partial charge in [-0.3, -0.25) is 24.0 Å². The zero-order valence-electron chi connectivity index (χ0n) is 27.9. The number of Topliss-reactive ketones (excluding diaryl/α,β-unsaturated/α-hetero) is 2. The molecule has 3 aliphatic rings. The van der Waals surface area contributed by atoms with Gasteiger partial charge in [-0.05, 0) is 83.1 Å². The summed E-state index contributed by atoms with van der Waals surface area (Å²) in [4.78, 5) is 76.8. The summed E-state index contributed by atoms with van der Waals surface area (Å²) in [6.45, 7) is 8.40. The smallest absolute Gasteiger partial charge is 0.266 e. The number of ketones is 2. The number of ether oxygens (including phenoxy) is 1. The van der Waals surface area contributed by atoms with Crippen molar-refractivity contribution in [2.75, 3.05) is 4.90 Å². The largest absolute Gasteiger partial charge is 0.490 e. The lowest BCUT2D eigenvalue weighted by molar-refractivity contribution is 0.0880. The summed E-state index contributed by atoms with van der Waals surface area (Å²) < 4.78 is 6.43. The molecule has 50 heavy (non-hydrogen) atoms. The first-order chi connectivity index (χ1) is 24.0. The number of para-hydroxylation sites is 1. The Bertz CT molecular complexity index is 2390. The SMILES string of the molecule is CC(C)C(Oc1ccc(C2=CC=CC2)c(N2C(=O)c3cc4cc5c(cc4cc3C2=O)C(=O)C(c2nc3ccccc3c(=O)[nH]2)C5=O)c1)C(C)C. The lowest BCUT2D eigenvalue weighted by Gasteiger charge is -2.27. The molecule has 5 aromatic rings. The van der Waals surface area contributed by atoms with Crippen molar-refractivity contribution >= 4 is 56.3 Å². The highest BCUT2D eigenvalue weighted by molar-refractivity contribution is 6.36. The Hall–Kier alpha value is -5.96. The number of nitrogens with zero attached hydrogens (tertiary/aromatic N) is 2. The van der Waals surface area contributed by atoms with Crippen LogP contribution in [0.25, 0.3) is 27.2 Å². The van der Waals surface area contributed by atoms with Crippen LogP contribution in [0.15, 0.2) is 89.8 Å². The van der Waals surface area contributed by atoms with E-state index < -0.39 is 34.9 Å². The molecule has 4 aromatic carbocycles. The molecule has 0 saturated carbocycles. The number of allylic oxidation sites excluding steroid dienone is 4. The molecule has 0 atom stereocenters. The number of rotatable bonds is 7. The standard InChI is InChI=1S/C41H33N3O6/c1-20(2)37(21(3)4)50-25-13-14-26(22-9-5-6-10-22)33(19-25)44-40(48)30-17-23-15-28-29(16-24(23)18-31(30)41(44)49)36(46)34(35(28)45)38-42-32-12-8-7-11-27(32)39(47)43-38/h5-9,11-21,34,37H,10H2,1-4H3,(H,42,43,47). The average molecular weight is 664 g/mol. The van der Waals surface area contributed by atoms with Gasteiger partial charge in [0.05, 0.1) is 27.7 Å². The molecule has 0 radical (unpaired) electrons. The summed E-state index contributed by atoms with van der Waals surface area (Å²) in [5, 5.41) is 1.42. The van der Waals surface area contributed by atoms with Gasteiger partial charge in [-0.2, -0.15) is 0 Å². The van der Waals surface area contributed by atoms with Crippen molar-refractivity contribution in [2.45, 2.75) is 46.1 Å². The third-order valence-corrected chi connectivity index (χ3v) is 9.85. The molecule has 2 aliphatic carbocycles. The van der Waals surface area contributed by atoms with Gasteiger partial charge in [0.25, 0.3) is 17.4 Å². The highest BCUT2D eigenvalue weighted by atomic mass is 16.5. The van der Waals surface area contributed by atoms with Crippen molar-refractivity contribution in [3.05, 3.63) is 129 Å². The Morgan fingerprint density at radius 1 is 0.760 bits per heavy atom. The predicted octanol–water partition coefficient (Wildman–Crippen LogP) is 7.44. The van der Waals surface area contributed by atoms with Gasteiger partial charge in [0.2, 0.25) is 0 Å². The summed E-state index contributed by atoms with van der Waals surface area (Å²) in [5.41, 5.74) is 2.87. The van der Waals surface area contributed by atoms with E-state index >= 15 is 0 Å². The van der Waals surface area contributed by atoms with E-state index in [0.717, 1.165) is 11.1 Å². The van der Waals surface area contributed by atoms with Crippen molar-refractivity contribution in [2.24, 2.45) is 11.8 Å². The van der Waals surface area contributed by atoms with E-state index in [9.17, 15) is 24.0 Å².